The molecule has 0 fully saturated rings. The number of ketones is 1. The lowest BCUT2D eigenvalue weighted by molar-refractivity contribution is -0.237. The molecule has 0 saturated carbocycles. The Morgan fingerprint density at radius 2 is 1.47 bits per heavy atom. The van der Waals surface area contributed by atoms with E-state index in [0.29, 0.717) is 19.3 Å². The molecular formula is C12H22O5. The molecular weight excluding hydrogens is 224 g/mol. The number of carboxylic acids is 1. The molecule has 0 spiro atoms. The van der Waals surface area contributed by atoms with Crippen LogP contribution in [0, 0.1) is 0 Å². The molecule has 0 unspecified atom stereocenters. The first-order valence-corrected chi connectivity index (χ1v) is 6.09. The molecule has 0 aliphatic carbocycles. The number of ether oxygens (including phenoxy) is 2. The van der Waals surface area contributed by atoms with E-state index in [1.54, 1.807) is 0 Å². The van der Waals surface area contributed by atoms with E-state index in [-0.39, 0.29) is 19.6 Å². The lowest BCUT2D eigenvalue weighted by atomic mass is 10.1. The predicted octanol–water partition coefficient (Wildman–Crippen LogP) is 1.99. The van der Waals surface area contributed by atoms with Gasteiger partial charge >= 0.3 is 11.8 Å². The summed E-state index contributed by atoms with van der Waals surface area (Å²) in [5.74, 6) is -3.99. The monoisotopic (exact) mass is 246 g/mol. The average Bonchev–Trinajstić information content (AvgIpc) is 2.29. The van der Waals surface area contributed by atoms with Crippen LogP contribution in [0.5, 0.6) is 0 Å². The molecule has 17 heavy (non-hydrogen) atoms. The molecule has 0 aromatic heterocycles. The average molecular weight is 246 g/mol. The second-order valence-corrected chi connectivity index (χ2v) is 3.79. The molecule has 0 saturated heterocycles. The van der Waals surface area contributed by atoms with Crippen molar-refractivity contribution in [2.24, 2.45) is 0 Å². The third kappa shape index (κ3) is 4.44. The molecule has 5 heteroatoms. The van der Waals surface area contributed by atoms with Crippen molar-refractivity contribution in [3.8, 4) is 0 Å². The molecule has 0 aromatic carbocycles. The van der Waals surface area contributed by atoms with E-state index in [0.717, 1.165) is 0 Å². The number of hydrogen-bond acceptors (Lipinski definition) is 4. The topological polar surface area (TPSA) is 72.8 Å². The fourth-order valence-electron chi connectivity index (χ4n) is 1.33. The smallest absolute Gasteiger partial charge is 0.372 e. The molecule has 1 N–H and O–H groups in total. The molecule has 0 aliphatic heterocycles. The Balaban J connectivity index is 4.93. The van der Waals surface area contributed by atoms with Crippen LogP contribution in [0.3, 0.4) is 0 Å². The zero-order valence-corrected chi connectivity index (χ0v) is 10.8. The lowest BCUT2D eigenvalue weighted by Gasteiger charge is -2.27. The first-order chi connectivity index (χ1) is 8.05. The number of rotatable bonds is 10. The summed E-state index contributed by atoms with van der Waals surface area (Å²) < 4.78 is 10.4. The highest BCUT2D eigenvalue weighted by Gasteiger charge is 2.48. The highest BCUT2D eigenvalue weighted by atomic mass is 16.7. The molecule has 0 bridgehead atoms. The highest BCUT2D eigenvalue weighted by molar-refractivity contribution is 6.04. The maximum Gasteiger partial charge on any atom is 0.372 e. The summed E-state index contributed by atoms with van der Waals surface area (Å²) in [5.41, 5.74) is 0. The minimum Gasteiger partial charge on any atom is -0.477 e. The first-order valence-electron chi connectivity index (χ1n) is 6.09. The molecule has 0 aromatic rings. The fraction of sp³-hybridized carbons (Fsp3) is 0.833. The van der Waals surface area contributed by atoms with Gasteiger partial charge < -0.3 is 14.6 Å². The van der Waals surface area contributed by atoms with Gasteiger partial charge in [0.1, 0.15) is 0 Å². The third-order valence-corrected chi connectivity index (χ3v) is 2.14. The van der Waals surface area contributed by atoms with Crippen LogP contribution in [-0.2, 0) is 19.1 Å². The standard InChI is InChI=1S/C12H22O5/c1-4-7-10(13)12(11(14)15,16-8-5-2)17-9-6-3/h4-9H2,1-3H3,(H,14,15). The van der Waals surface area contributed by atoms with Crippen molar-refractivity contribution in [2.45, 2.75) is 52.2 Å². The van der Waals surface area contributed by atoms with Crippen molar-refractivity contribution in [3.05, 3.63) is 0 Å². The third-order valence-electron chi connectivity index (χ3n) is 2.14. The van der Waals surface area contributed by atoms with Crippen molar-refractivity contribution in [3.63, 3.8) is 0 Å². The Kier molecular flexibility index (Phi) is 7.74. The highest BCUT2D eigenvalue weighted by Crippen LogP contribution is 2.19. The van der Waals surface area contributed by atoms with E-state index in [9.17, 15) is 14.7 Å². The second-order valence-electron chi connectivity index (χ2n) is 3.79. The van der Waals surface area contributed by atoms with Crippen LogP contribution in [0.4, 0.5) is 0 Å². The minimum atomic E-state index is -2.11. The van der Waals surface area contributed by atoms with Gasteiger partial charge in [-0.1, -0.05) is 20.8 Å². The molecule has 0 aliphatic rings. The quantitative estimate of drug-likeness (QED) is 0.471. The number of Topliss-reactive ketones (excluding diaryl/α,β-unsaturated/α-hetero) is 1. The van der Waals surface area contributed by atoms with Crippen LogP contribution in [0.2, 0.25) is 0 Å². The van der Waals surface area contributed by atoms with Crippen LogP contribution >= 0.6 is 0 Å². The fourth-order valence-corrected chi connectivity index (χ4v) is 1.33. The maximum absolute atomic E-state index is 11.9. The zero-order chi connectivity index (χ0) is 13.3. The molecule has 0 amide bonds. The van der Waals surface area contributed by atoms with Gasteiger partial charge in [-0.2, -0.15) is 0 Å². The molecule has 0 atom stereocenters. The summed E-state index contributed by atoms with van der Waals surface area (Å²) in [6.45, 7) is 5.87. The molecule has 5 nitrogen and oxygen atoms in total. The van der Waals surface area contributed by atoms with E-state index < -0.39 is 17.5 Å². The molecule has 0 heterocycles. The summed E-state index contributed by atoms with van der Waals surface area (Å²) in [7, 11) is 0. The van der Waals surface area contributed by atoms with Gasteiger partial charge in [-0.3, -0.25) is 4.79 Å². The van der Waals surface area contributed by atoms with Crippen molar-refractivity contribution in [1.82, 2.24) is 0 Å². The Labute approximate surface area is 102 Å². The van der Waals surface area contributed by atoms with Gasteiger partial charge in [0.15, 0.2) is 0 Å². The zero-order valence-electron chi connectivity index (χ0n) is 10.8. The van der Waals surface area contributed by atoms with Gasteiger partial charge in [0.25, 0.3) is 0 Å². The number of aliphatic carboxylic acids is 1. The van der Waals surface area contributed by atoms with E-state index >= 15 is 0 Å². The van der Waals surface area contributed by atoms with Crippen molar-refractivity contribution < 1.29 is 24.2 Å². The van der Waals surface area contributed by atoms with Gasteiger partial charge in [-0.05, 0) is 19.3 Å². The first kappa shape index (κ1) is 16.1. The summed E-state index contributed by atoms with van der Waals surface area (Å²) >= 11 is 0. The van der Waals surface area contributed by atoms with Gasteiger partial charge in [0.05, 0.1) is 13.2 Å². The van der Waals surface area contributed by atoms with Gasteiger partial charge in [-0.25, -0.2) is 4.79 Å². The number of carbonyl (C=O) groups is 2. The van der Waals surface area contributed by atoms with Crippen LogP contribution in [-0.4, -0.2) is 35.9 Å². The normalized spacial score (nSPS) is 11.5. The summed E-state index contributed by atoms with van der Waals surface area (Å²) in [6, 6.07) is 0. The van der Waals surface area contributed by atoms with Crippen molar-refractivity contribution in [1.29, 1.82) is 0 Å². The SMILES string of the molecule is CCCOC(OCCC)(C(=O)O)C(=O)CCC. The summed E-state index contributed by atoms with van der Waals surface area (Å²) in [4.78, 5) is 23.2. The maximum atomic E-state index is 11.9. The molecule has 0 radical (unpaired) electrons. The molecule has 0 rings (SSSR count). The summed E-state index contributed by atoms with van der Waals surface area (Å²) in [6.07, 6.45) is 1.96. The lowest BCUT2D eigenvalue weighted by Crippen LogP contribution is -2.52. The number of hydrogen-bond donors (Lipinski definition) is 1. The Morgan fingerprint density at radius 3 is 1.76 bits per heavy atom. The van der Waals surface area contributed by atoms with E-state index in [1.807, 2.05) is 20.8 Å². The van der Waals surface area contributed by atoms with E-state index in [4.69, 9.17) is 9.47 Å². The molecule has 100 valence electrons. The summed E-state index contributed by atoms with van der Waals surface area (Å²) in [5, 5.41) is 9.20. The van der Waals surface area contributed by atoms with E-state index in [2.05, 4.69) is 0 Å². The largest absolute Gasteiger partial charge is 0.477 e. The van der Waals surface area contributed by atoms with Crippen LogP contribution in [0.15, 0.2) is 0 Å². The Bertz CT molecular complexity index is 241. The van der Waals surface area contributed by atoms with Gasteiger partial charge in [-0.15, -0.1) is 0 Å². The Hall–Kier alpha value is -0.940. The van der Waals surface area contributed by atoms with Crippen molar-refractivity contribution in [2.75, 3.05) is 13.2 Å². The van der Waals surface area contributed by atoms with Crippen LogP contribution < -0.4 is 0 Å². The minimum absolute atomic E-state index is 0.139. The predicted molar refractivity (Wildman–Crippen MR) is 62.8 cm³/mol. The number of carbonyl (C=O) groups excluding carboxylic acids is 1. The number of carboxylic acid groups (broad SMARTS) is 1. The Morgan fingerprint density at radius 1 is 1.00 bits per heavy atom. The van der Waals surface area contributed by atoms with E-state index in [1.165, 1.54) is 0 Å². The van der Waals surface area contributed by atoms with Crippen LogP contribution in [0.1, 0.15) is 46.5 Å². The van der Waals surface area contributed by atoms with Gasteiger partial charge in [0.2, 0.25) is 5.78 Å². The van der Waals surface area contributed by atoms with Crippen LogP contribution in [0.25, 0.3) is 0 Å². The van der Waals surface area contributed by atoms with Gasteiger partial charge in [0, 0.05) is 6.42 Å². The second kappa shape index (κ2) is 8.20. The van der Waals surface area contributed by atoms with Crippen molar-refractivity contribution >= 4 is 11.8 Å².